The second-order valence-electron chi connectivity index (χ2n) is 5.58. The highest BCUT2D eigenvalue weighted by Crippen LogP contribution is 2.28. The molecule has 1 unspecified atom stereocenters. The number of hydrogen-bond acceptors (Lipinski definition) is 5. The first-order valence-electron chi connectivity index (χ1n) is 6.74. The lowest BCUT2D eigenvalue weighted by atomic mass is 10.1. The summed E-state index contributed by atoms with van der Waals surface area (Å²) in [4.78, 5) is 14.2. The van der Waals surface area contributed by atoms with Crippen molar-refractivity contribution >= 4 is 5.82 Å². The minimum Gasteiger partial charge on any atom is -0.384 e. The molecule has 1 aromatic heterocycles. The minimum absolute atomic E-state index is 0.327. The quantitative estimate of drug-likeness (QED) is 0.840. The average molecular weight is 247 g/mol. The van der Waals surface area contributed by atoms with E-state index in [9.17, 15) is 0 Å². The summed E-state index contributed by atoms with van der Waals surface area (Å²) in [5.74, 6) is 1.90. The summed E-state index contributed by atoms with van der Waals surface area (Å²) >= 11 is 0. The molecule has 0 saturated carbocycles. The fourth-order valence-electron chi connectivity index (χ4n) is 2.81. The molecule has 4 heterocycles. The molecule has 0 radical (unpaired) electrons. The van der Waals surface area contributed by atoms with Crippen molar-refractivity contribution in [1.82, 2.24) is 19.8 Å². The Morgan fingerprint density at radius 2 is 1.94 bits per heavy atom. The first-order chi connectivity index (χ1) is 8.63. The number of hydrogen-bond donors (Lipinski definition) is 1. The summed E-state index contributed by atoms with van der Waals surface area (Å²) in [6.07, 6.45) is 0. The first-order valence-corrected chi connectivity index (χ1v) is 6.74. The standard InChI is InChI=1S/C13H21N5/c1-9(2)10-7-12(14)16-13(15-10)11-8-17-3-5-18(11)6-4-17/h7,9,11H,3-6,8H2,1-2H3,(H2,14,15,16). The number of piperazine rings is 3. The molecule has 3 aliphatic rings. The van der Waals surface area contributed by atoms with Gasteiger partial charge in [0, 0.05) is 44.5 Å². The van der Waals surface area contributed by atoms with E-state index in [1.165, 1.54) is 13.1 Å². The van der Waals surface area contributed by atoms with E-state index in [0.29, 0.717) is 17.8 Å². The number of anilines is 1. The molecule has 3 fully saturated rings. The molecule has 0 aromatic carbocycles. The van der Waals surface area contributed by atoms with E-state index in [1.807, 2.05) is 6.07 Å². The molecule has 3 aliphatic heterocycles. The zero-order valence-corrected chi connectivity index (χ0v) is 11.1. The third-order valence-electron chi connectivity index (χ3n) is 3.95. The van der Waals surface area contributed by atoms with Crippen molar-refractivity contribution in [2.24, 2.45) is 0 Å². The van der Waals surface area contributed by atoms with Gasteiger partial charge in [0.25, 0.3) is 0 Å². The SMILES string of the molecule is CC(C)c1cc(N)nc(C2CN3CCN2CC3)n1. The van der Waals surface area contributed by atoms with Gasteiger partial charge in [-0.1, -0.05) is 13.8 Å². The molecule has 2 N–H and O–H groups in total. The Balaban J connectivity index is 1.92. The molecule has 5 nitrogen and oxygen atoms in total. The van der Waals surface area contributed by atoms with Crippen LogP contribution >= 0.6 is 0 Å². The van der Waals surface area contributed by atoms with Gasteiger partial charge in [0.15, 0.2) is 0 Å². The second-order valence-corrected chi connectivity index (χ2v) is 5.58. The normalized spacial score (nSPS) is 30.9. The second kappa shape index (κ2) is 4.48. The summed E-state index contributed by atoms with van der Waals surface area (Å²) in [6, 6.07) is 2.22. The fourth-order valence-corrected chi connectivity index (χ4v) is 2.81. The van der Waals surface area contributed by atoms with Crippen molar-refractivity contribution in [1.29, 1.82) is 0 Å². The number of rotatable bonds is 2. The van der Waals surface area contributed by atoms with E-state index < -0.39 is 0 Å². The van der Waals surface area contributed by atoms with Gasteiger partial charge < -0.3 is 5.73 Å². The Morgan fingerprint density at radius 3 is 2.50 bits per heavy atom. The molecule has 1 atom stereocenters. The Morgan fingerprint density at radius 1 is 1.22 bits per heavy atom. The van der Waals surface area contributed by atoms with Crippen LogP contribution in [-0.2, 0) is 0 Å². The predicted octanol–water partition coefficient (Wildman–Crippen LogP) is 0.854. The summed E-state index contributed by atoms with van der Waals surface area (Å²) in [6.45, 7) is 9.93. The van der Waals surface area contributed by atoms with E-state index in [0.717, 1.165) is 31.2 Å². The molecule has 0 amide bonds. The number of nitrogen functional groups attached to an aromatic ring is 1. The monoisotopic (exact) mass is 247 g/mol. The maximum atomic E-state index is 5.92. The van der Waals surface area contributed by atoms with Crippen LogP contribution in [0.15, 0.2) is 6.07 Å². The lowest BCUT2D eigenvalue weighted by molar-refractivity contribution is 0.00861. The topological polar surface area (TPSA) is 58.3 Å². The zero-order valence-electron chi connectivity index (χ0n) is 11.1. The first kappa shape index (κ1) is 11.9. The molecule has 18 heavy (non-hydrogen) atoms. The van der Waals surface area contributed by atoms with Crippen LogP contribution in [0, 0.1) is 0 Å². The van der Waals surface area contributed by atoms with Crippen LogP contribution in [-0.4, -0.2) is 52.5 Å². The van der Waals surface area contributed by atoms with Crippen LogP contribution in [0.1, 0.15) is 37.3 Å². The fraction of sp³-hybridized carbons (Fsp3) is 0.692. The maximum absolute atomic E-state index is 5.92. The number of aromatic nitrogens is 2. The number of nitrogens with zero attached hydrogens (tertiary/aromatic N) is 4. The van der Waals surface area contributed by atoms with Crippen LogP contribution in [0.25, 0.3) is 0 Å². The van der Waals surface area contributed by atoms with E-state index in [2.05, 4.69) is 28.6 Å². The van der Waals surface area contributed by atoms with Crippen LogP contribution in [0.5, 0.6) is 0 Å². The summed E-state index contributed by atoms with van der Waals surface area (Å²) in [5.41, 5.74) is 6.97. The smallest absolute Gasteiger partial charge is 0.149 e. The largest absolute Gasteiger partial charge is 0.384 e. The van der Waals surface area contributed by atoms with E-state index in [-0.39, 0.29) is 0 Å². The van der Waals surface area contributed by atoms with Crippen LogP contribution in [0.3, 0.4) is 0 Å². The predicted molar refractivity (Wildman–Crippen MR) is 71.3 cm³/mol. The van der Waals surface area contributed by atoms with Gasteiger partial charge in [-0.25, -0.2) is 9.97 Å². The molecule has 1 aromatic rings. The molecule has 2 bridgehead atoms. The lowest BCUT2D eigenvalue weighted by Crippen LogP contribution is -2.57. The van der Waals surface area contributed by atoms with Crippen molar-refractivity contribution in [3.63, 3.8) is 0 Å². The minimum atomic E-state index is 0.327. The maximum Gasteiger partial charge on any atom is 0.149 e. The Bertz CT molecular complexity index is 437. The van der Waals surface area contributed by atoms with E-state index in [4.69, 9.17) is 10.7 Å². The van der Waals surface area contributed by atoms with Gasteiger partial charge in [0.2, 0.25) is 0 Å². The third kappa shape index (κ3) is 2.08. The molecular weight excluding hydrogens is 226 g/mol. The van der Waals surface area contributed by atoms with Crippen molar-refractivity contribution < 1.29 is 0 Å². The van der Waals surface area contributed by atoms with E-state index >= 15 is 0 Å². The molecule has 0 aliphatic carbocycles. The van der Waals surface area contributed by atoms with Crippen LogP contribution in [0.4, 0.5) is 5.82 Å². The Labute approximate surface area is 108 Å². The third-order valence-corrected chi connectivity index (χ3v) is 3.95. The summed E-state index contributed by atoms with van der Waals surface area (Å²) < 4.78 is 0. The number of fused-ring (bicyclic) bond motifs is 3. The van der Waals surface area contributed by atoms with Gasteiger partial charge in [0.1, 0.15) is 11.6 Å². The van der Waals surface area contributed by atoms with Gasteiger partial charge in [-0.15, -0.1) is 0 Å². The Hall–Kier alpha value is -1.20. The molecular formula is C13H21N5. The highest BCUT2D eigenvalue weighted by molar-refractivity contribution is 5.32. The summed E-state index contributed by atoms with van der Waals surface area (Å²) in [5, 5.41) is 0. The van der Waals surface area contributed by atoms with Crippen molar-refractivity contribution in [3.05, 3.63) is 17.6 Å². The van der Waals surface area contributed by atoms with Crippen LogP contribution < -0.4 is 5.73 Å². The Kier molecular flexibility index (Phi) is 2.95. The lowest BCUT2D eigenvalue weighted by Gasteiger charge is -2.46. The highest BCUT2D eigenvalue weighted by atomic mass is 15.4. The molecule has 3 saturated heterocycles. The molecule has 0 spiro atoms. The van der Waals surface area contributed by atoms with Crippen LogP contribution in [0.2, 0.25) is 0 Å². The summed E-state index contributed by atoms with van der Waals surface area (Å²) in [7, 11) is 0. The van der Waals surface area contributed by atoms with Crippen molar-refractivity contribution in [2.45, 2.75) is 25.8 Å². The zero-order chi connectivity index (χ0) is 12.7. The van der Waals surface area contributed by atoms with Gasteiger partial charge in [0.05, 0.1) is 6.04 Å². The molecule has 4 rings (SSSR count). The molecule has 98 valence electrons. The number of nitrogens with two attached hydrogens (primary N) is 1. The van der Waals surface area contributed by atoms with Crippen molar-refractivity contribution in [2.75, 3.05) is 38.5 Å². The van der Waals surface area contributed by atoms with Gasteiger partial charge in [-0.2, -0.15) is 0 Å². The average Bonchev–Trinajstić information content (AvgIpc) is 2.39. The van der Waals surface area contributed by atoms with E-state index in [1.54, 1.807) is 0 Å². The highest BCUT2D eigenvalue weighted by Gasteiger charge is 2.34. The van der Waals surface area contributed by atoms with Gasteiger partial charge in [-0.05, 0) is 5.92 Å². The van der Waals surface area contributed by atoms with Gasteiger partial charge in [-0.3, -0.25) is 9.80 Å². The van der Waals surface area contributed by atoms with Crippen molar-refractivity contribution in [3.8, 4) is 0 Å². The van der Waals surface area contributed by atoms with Gasteiger partial charge >= 0.3 is 0 Å². The molecule has 5 heteroatoms.